The molecule has 0 atom stereocenters. The first-order valence-electron chi connectivity index (χ1n) is 12.5. The van der Waals surface area contributed by atoms with Gasteiger partial charge in [-0.25, -0.2) is 9.69 Å². The molecule has 0 aliphatic carbocycles. The molecule has 4 rings (SSSR count). The van der Waals surface area contributed by atoms with Crippen LogP contribution in [0.4, 0.5) is 17.1 Å². The summed E-state index contributed by atoms with van der Waals surface area (Å²) in [6.45, 7) is 3.69. The highest BCUT2D eigenvalue weighted by Crippen LogP contribution is 2.31. The molecule has 40 heavy (non-hydrogen) atoms. The van der Waals surface area contributed by atoms with E-state index in [1.807, 2.05) is 6.92 Å². The smallest absolute Gasteiger partial charge is 0.338 e. The number of anilines is 3. The lowest BCUT2D eigenvalue weighted by molar-refractivity contribution is -0.120. The van der Waals surface area contributed by atoms with Gasteiger partial charge in [0.15, 0.2) is 5.78 Å². The van der Waals surface area contributed by atoms with E-state index in [1.165, 1.54) is 37.3 Å². The molecule has 0 radical (unpaired) electrons. The average Bonchev–Trinajstić information content (AvgIpc) is 3.16. The Bertz CT molecular complexity index is 1530. The molecule has 0 saturated carbocycles. The molecule has 3 aromatic rings. The van der Waals surface area contributed by atoms with Gasteiger partial charge in [-0.1, -0.05) is 43.1 Å². The normalized spacial score (nSPS) is 12.9. The van der Waals surface area contributed by atoms with Gasteiger partial charge in [0.25, 0.3) is 17.7 Å². The van der Waals surface area contributed by atoms with Crippen LogP contribution in [0.1, 0.15) is 57.8 Å². The van der Waals surface area contributed by atoms with Crippen molar-refractivity contribution in [3.8, 4) is 0 Å². The summed E-state index contributed by atoms with van der Waals surface area (Å²) in [6, 6.07) is 18.8. The molecule has 0 aromatic heterocycles. The van der Waals surface area contributed by atoms with Crippen molar-refractivity contribution in [1.82, 2.24) is 0 Å². The van der Waals surface area contributed by atoms with Crippen molar-refractivity contribution >= 4 is 58.1 Å². The molecule has 0 fully saturated rings. The molecular weight excluding hydrogens is 534 g/mol. The van der Waals surface area contributed by atoms with E-state index in [9.17, 15) is 24.0 Å². The van der Waals surface area contributed by atoms with Crippen LogP contribution in [0.15, 0.2) is 83.5 Å². The van der Waals surface area contributed by atoms with Crippen LogP contribution in [0.3, 0.4) is 0 Å². The van der Waals surface area contributed by atoms with E-state index >= 15 is 0 Å². The zero-order valence-electron chi connectivity index (χ0n) is 21.8. The lowest BCUT2D eigenvalue weighted by Crippen LogP contribution is -2.32. The third-order valence-electron chi connectivity index (χ3n) is 6.04. The van der Waals surface area contributed by atoms with Crippen LogP contribution in [0.25, 0.3) is 0 Å². The van der Waals surface area contributed by atoms with Gasteiger partial charge in [0, 0.05) is 22.5 Å². The first-order valence-corrected chi connectivity index (χ1v) is 12.9. The molecule has 10 heteroatoms. The summed E-state index contributed by atoms with van der Waals surface area (Å²) in [6.07, 6.45) is 1.60. The highest BCUT2D eigenvalue weighted by Gasteiger charge is 2.39. The summed E-state index contributed by atoms with van der Waals surface area (Å²) < 4.78 is 5.22. The van der Waals surface area contributed by atoms with Crippen molar-refractivity contribution in [2.75, 3.05) is 22.1 Å². The number of nitrogens with one attached hydrogen (secondary N) is 2. The molecule has 1 heterocycles. The summed E-state index contributed by atoms with van der Waals surface area (Å²) in [4.78, 5) is 63.5. The van der Waals surface area contributed by atoms with E-state index in [4.69, 9.17) is 16.3 Å². The van der Waals surface area contributed by atoms with E-state index < -0.39 is 23.7 Å². The molecule has 0 bridgehead atoms. The van der Waals surface area contributed by atoms with Crippen molar-refractivity contribution in [3.05, 3.63) is 100 Å². The minimum Gasteiger partial charge on any atom is -0.462 e. The second-order valence-electron chi connectivity index (χ2n) is 8.97. The number of imide groups is 1. The number of ketones is 1. The molecule has 0 saturated heterocycles. The predicted octanol–water partition coefficient (Wildman–Crippen LogP) is 5.53. The number of hydrogen-bond donors (Lipinski definition) is 2. The number of carbonyl (C=O) groups is 5. The topological polar surface area (TPSA) is 122 Å². The monoisotopic (exact) mass is 559 g/mol. The number of ether oxygens (including phenoxy) is 1. The summed E-state index contributed by atoms with van der Waals surface area (Å²) >= 11 is 6.24. The number of halogens is 1. The number of benzene rings is 3. The van der Waals surface area contributed by atoms with E-state index in [0.717, 1.165) is 17.7 Å². The Morgan fingerprint density at radius 2 is 1.55 bits per heavy atom. The second-order valence-corrected chi connectivity index (χ2v) is 9.35. The van der Waals surface area contributed by atoms with Crippen LogP contribution in [0.2, 0.25) is 0 Å². The van der Waals surface area contributed by atoms with Crippen molar-refractivity contribution in [3.63, 3.8) is 0 Å². The first kappa shape index (κ1) is 28.3. The average molecular weight is 560 g/mol. The Kier molecular flexibility index (Phi) is 8.76. The van der Waals surface area contributed by atoms with E-state index in [1.54, 1.807) is 42.5 Å². The minimum absolute atomic E-state index is 0.115. The van der Waals surface area contributed by atoms with Gasteiger partial charge in [-0.3, -0.25) is 19.2 Å². The Morgan fingerprint density at radius 1 is 0.850 bits per heavy atom. The maximum absolute atomic E-state index is 13.2. The largest absolute Gasteiger partial charge is 0.462 e. The number of hydrogen-bond acceptors (Lipinski definition) is 7. The molecule has 3 aromatic carbocycles. The molecule has 1 aliphatic heterocycles. The molecule has 204 valence electrons. The van der Waals surface area contributed by atoms with Crippen LogP contribution in [0, 0.1) is 0 Å². The minimum atomic E-state index is -0.741. The number of esters is 1. The van der Waals surface area contributed by atoms with E-state index in [-0.39, 0.29) is 34.4 Å². The lowest BCUT2D eigenvalue weighted by atomic mass is 10.1. The van der Waals surface area contributed by atoms with Crippen LogP contribution in [0.5, 0.6) is 0 Å². The zero-order chi connectivity index (χ0) is 28.8. The van der Waals surface area contributed by atoms with Crippen LogP contribution in [-0.4, -0.2) is 36.1 Å². The number of unbranched alkanes of at least 4 members (excludes halogenated alkanes) is 1. The Morgan fingerprint density at radius 3 is 2.25 bits per heavy atom. The molecule has 9 nitrogen and oxygen atoms in total. The predicted molar refractivity (Wildman–Crippen MR) is 151 cm³/mol. The molecule has 0 unspecified atom stereocenters. The van der Waals surface area contributed by atoms with Crippen molar-refractivity contribution in [1.29, 1.82) is 0 Å². The SMILES string of the molecule is CCCCOC(=O)c1cccc(N2C(=O)C(Cl)=C(Nc3ccc(C(=O)Nc4cccc(C(C)=O)c4)cc3)C2=O)c1. The molecule has 1 aliphatic rings. The Labute approximate surface area is 235 Å². The third-order valence-corrected chi connectivity index (χ3v) is 6.39. The van der Waals surface area contributed by atoms with Crippen molar-refractivity contribution < 1.29 is 28.7 Å². The maximum atomic E-state index is 13.2. The van der Waals surface area contributed by atoms with Crippen molar-refractivity contribution in [2.45, 2.75) is 26.7 Å². The fraction of sp³-hybridized carbons (Fsp3) is 0.167. The lowest BCUT2D eigenvalue weighted by Gasteiger charge is -2.16. The van der Waals surface area contributed by atoms with Crippen LogP contribution in [-0.2, 0) is 14.3 Å². The van der Waals surface area contributed by atoms with Gasteiger partial charge >= 0.3 is 5.97 Å². The Hall–Kier alpha value is -4.76. The van der Waals surface area contributed by atoms with Gasteiger partial charge in [0.1, 0.15) is 10.7 Å². The number of rotatable bonds is 10. The second kappa shape index (κ2) is 12.4. The number of amides is 3. The van der Waals surface area contributed by atoms with Gasteiger partial charge in [0.2, 0.25) is 0 Å². The number of carbonyl (C=O) groups excluding carboxylic acids is 5. The molecular formula is C30H26ClN3O6. The van der Waals surface area contributed by atoms with E-state index in [2.05, 4.69) is 10.6 Å². The standard InChI is InChI=1S/C30H26ClN3O6/c1-3-4-15-40-30(39)21-8-6-10-24(17-21)34-28(37)25(31)26(29(34)38)32-22-13-11-19(12-14-22)27(36)33-23-9-5-7-20(16-23)18(2)35/h5-14,16-17,32H,3-4,15H2,1-2H3,(H,33,36). The first-order chi connectivity index (χ1) is 19.2. The van der Waals surface area contributed by atoms with Gasteiger partial charge in [-0.05, 0) is 67.9 Å². The zero-order valence-corrected chi connectivity index (χ0v) is 22.6. The van der Waals surface area contributed by atoms with Gasteiger partial charge in [-0.2, -0.15) is 0 Å². The molecule has 3 amide bonds. The summed E-state index contributed by atoms with van der Waals surface area (Å²) in [5, 5.41) is 5.28. The summed E-state index contributed by atoms with van der Waals surface area (Å²) in [5.41, 5.74) is 1.94. The highest BCUT2D eigenvalue weighted by atomic mass is 35.5. The molecule has 2 N–H and O–H groups in total. The third kappa shape index (κ3) is 6.27. The van der Waals surface area contributed by atoms with Gasteiger partial charge in [-0.15, -0.1) is 0 Å². The fourth-order valence-corrected chi connectivity index (χ4v) is 4.09. The van der Waals surface area contributed by atoms with Gasteiger partial charge in [0.05, 0.1) is 17.9 Å². The fourth-order valence-electron chi connectivity index (χ4n) is 3.88. The summed E-state index contributed by atoms with van der Waals surface area (Å²) in [5.74, 6) is -2.50. The number of nitrogens with zero attached hydrogens (tertiary/aromatic N) is 1. The molecule has 0 spiro atoms. The van der Waals surface area contributed by atoms with E-state index in [0.29, 0.717) is 22.5 Å². The van der Waals surface area contributed by atoms with Crippen molar-refractivity contribution in [2.24, 2.45) is 0 Å². The number of Topliss-reactive ketones (excluding diaryl/α,β-unsaturated/α-hetero) is 1. The quantitative estimate of drug-likeness (QED) is 0.145. The highest BCUT2D eigenvalue weighted by molar-refractivity contribution is 6.53. The van der Waals surface area contributed by atoms with Crippen LogP contribution >= 0.6 is 11.6 Å². The van der Waals surface area contributed by atoms with Gasteiger partial charge < -0.3 is 15.4 Å². The maximum Gasteiger partial charge on any atom is 0.338 e. The van der Waals surface area contributed by atoms with Crippen LogP contribution < -0.4 is 15.5 Å². The summed E-state index contributed by atoms with van der Waals surface area (Å²) in [7, 11) is 0. The Balaban J connectivity index is 1.45.